The molecule has 1 fully saturated rings. The lowest BCUT2D eigenvalue weighted by Gasteiger charge is -2.29. The van der Waals surface area contributed by atoms with Gasteiger partial charge >= 0.3 is 0 Å². The number of Topliss-reactive ketones (excluding diaryl/α,β-unsaturated/α-hetero) is 1. The molecular weight excluding hydrogens is 456 g/mol. The van der Waals surface area contributed by atoms with E-state index in [1.807, 2.05) is 42.5 Å². The van der Waals surface area contributed by atoms with Crippen molar-refractivity contribution in [2.24, 2.45) is 5.92 Å². The van der Waals surface area contributed by atoms with E-state index in [-0.39, 0.29) is 30.4 Å². The molecular formula is C29H38N2O5. The lowest BCUT2D eigenvalue weighted by atomic mass is 9.94. The molecule has 7 heteroatoms. The fraction of sp³-hybridized carbons (Fsp3) is 0.517. The molecule has 2 unspecified atom stereocenters. The van der Waals surface area contributed by atoms with Crippen LogP contribution in [0.2, 0.25) is 0 Å². The van der Waals surface area contributed by atoms with E-state index in [9.17, 15) is 14.7 Å². The molecule has 2 aliphatic heterocycles. The minimum Gasteiger partial charge on any atom is -0.486 e. The average Bonchev–Trinajstić information content (AvgIpc) is 3.43. The van der Waals surface area contributed by atoms with Crippen molar-refractivity contribution in [1.82, 2.24) is 10.2 Å². The fourth-order valence-electron chi connectivity index (χ4n) is 4.94. The fourth-order valence-corrected chi connectivity index (χ4v) is 4.94. The molecule has 194 valence electrons. The maximum atomic E-state index is 12.6. The number of carbonyl (C=O) groups is 2. The first-order chi connectivity index (χ1) is 17.5. The van der Waals surface area contributed by atoms with Crippen LogP contribution in [-0.4, -0.2) is 61.1 Å². The van der Waals surface area contributed by atoms with Gasteiger partial charge < -0.3 is 24.8 Å². The molecule has 0 radical (unpaired) electrons. The Labute approximate surface area is 213 Å². The van der Waals surface area contributed by atoms with Crippen molar-refractivity contribution in [1.29, 1.82) is 0 Å². The Morgan fingerprint density at radius 2 is 1.72 bits per heavy atom. The molecule has 2 N–H and O–H groups in total. The molecule has 0 aliphatic carbocycles. The molecule has 2 aromatic rings. The lowest BCUT2D eigenvalue weighted by Crippen LogP contribution is -2.38. The number of aliphatic hydroxyl groups is 1. The van der Waals surface area contributed by atoms with E-state index in [4.69, 9.17) is 9.47 Å². The SMILES string of the molecule is CCCc1ccc(C(=O)CCC(=O)NCC(CN2CCCC2)C(O)c2ccc3c(c2)OCCO3)cc1. The molecule has 2 aliphatic rings. The Kier molecular flexibility index (Phi) is 9.36. The number of aliphatic hydroxyl groups excluding tert-OH is 1. The summed E-state index contributed by atoms with van der Waals surface area (Å²) in [5, 5.41) is 14.2. The van der Waals surface area contributed by atoms with Crippen molar-refractivity contribution in [3.8, 4) is 11.5 Å². The second-order valence-corrected chi connectivity index (χ2v) is 9.79. The van der Waals surface area contributed by atoms with Crippen LogP contribution in [0, 0.1) is 5.92 Å². The van der Waals surface area contributed by atoms with E-state index in [0.29, 0.717) is 43.4 Å². The first kappa shape index (κ1) is 26.2. The van der Waals surface area contributed by atoms with Crippen LogP contribution in [0.4, 0.5) is 0 Å². The van der Waals surface area contributed by atoms with Gasteiger partial charge in [0.2, 0.25) is 5.91 Å². The number of ether oxygens (including phenoxy) is 2. The van der Waals surface area contributed by atoms with Gasteiger partial charge in [0.1, 0.15) is 13.2 Å². The zero-order valence-electron chi connectivity index (χ0n) is 21.2. The van der Waals surface area contributed by atoms with E-state index in [1.165, 1.54) is 5.56 Å². The smallest absolute Gasteiger partial charge is 0.220 e. The number of nitrogens with zero attached hydrogens (tertiary/aromatic N) is 1. The van der Waals surface area contributed by atoms with Crippen LogP contribution in [0.1, 0.15) is 66.6 Å². The molecule has 0 saturated carbocycles. The molecule has 2 heterocycles. The molecule has 4 rings (SSSR count). The van der Waals surface area contributed by atoms with Crippen molar-refractivity contribution in [2.75, 3.05) is 39.4 Å². The van der Waals surface area contributed by atoms with Crippen molar-refractivity contribution < 1.29 is 24.2 Å². The number of benzene rings is 2. The Morgan fingerprint density at radius 3 is 2.44 bits per heavy atom. The molecule has 1 saturated heterocycles. The van der Waals surface area contributed by atoms with E-state index in [0.717, 1.165) is 44.3 Å². The normalized spacial score (nSPS) is 16.9. The van der Waals surface area contributed by atoms with Crippen LogP contribution in [0.15, 0.2) is 42.5 Å². The lowest BCUT2D eigenvalue weighted by molar-refractivity contribution is -0.121. The summed E-state index contributed by atoms with van der Waals surface area (Å²) in [4.78, 5) is 27.5. The zero-order chi connectivity index (χ0) is 25.3. The van der Waals surface area contributed by atoms with E-state index >= 15 is 0 Å². The summed E-state index contributed by atoms with van der Waals surface area (Å²) in [6, 6.07) is 13.2. The van der Waals surface area contributed by atoms with Gasteiger partial charge in [0.05, 0.1) is 6.10 Å². The van der Waals surface area contributed by atoms with Crippen LogP contribution < -0.4 is 14.8 Å². The Morgan fingerprint density at radius 1 is 1.00 bits per heavy atom. The Bertz CT molecular complexity index is 1020. The zero-order valence-corrected chi connectivity index (χ0v) is 21.2. The van der Waals surface area contributed by atoms with Gasteiger partial charge in [0, 0.05) is 37.4 Å². The van der Waals surface area contributed by atoms with Crippen molar-refractivity contribution in [3.05, 3.63) is 59.2 Å². The minimum atomic E-state index is -0.759. The van der Waals surface area contributed by atoms with E-state index in [2.05, 4.69) is 17.1 Å². The average molecular weight is 495 g/mol. The second kappa shape index (κ2) is 12.9. The predicted octanol–water partition coefficient (Wildman–Crippen LogP) is 3.94. The molecule has 0 spiro atoms. The molecule has 7 nitrogen and oxygen atoms in total. The number of rotatable bonds is 12. The van der Waals surface area contributed by atoms with Gasteiger partial charge in [-0.2, -0.15) is 0 Å². The van der Waals surface area contributed by atoms with E-state index < -0.39 is 6.10 Å². The van der Waals surface area contributed by atoms with Crippen LogP contribution in [0.3, 0.4) is 0 Å². The maximum Gasteiger partial charge on any atom is 0.220 e. The number of nitrogens with one attached hydrogen (secondary N) is 1. The maximum absolute atomic E-state index is 12.6. The molecule has 36 heavy (non-hydrogen) atoms. The summed E-state index contributed by atoms with van der Waals surface area (Å²) in [5.41, 5.74) is 2.61. The number of amides is 1. The molecule has 0 bridgehead atoms. The standard InChI is InChI=1S/C29H38N2O5/c1-2-5-21-6-8-22(9-7-21)25(32)11-13-28(33)30-19-24(20-31-14-3-4-15-31)29(34)23-10-12-26-27(18-23)36-17-16-35-26/h6-10,12,18,24,29,34H,2-5,11,13-17,19-20H2,1H3,(H,30,33). The third-order valence-corrected chi connectivity index (χ3v) is 7.00. The summed E-state index contributed by atoms with van der Waals surface area (Å²) in [6.45, 7) is 6.17. The highest BCUT2D eigenvalue weighted by molar-refractivity contribution is 5.97. The van der Waals surface area contributed by atoms with Gasteiger partial charge in [-0.25, -0.2) is 0 Å². The third-order valence-electron chi connectivity index (χ3n) is 7.00. The van der Waals surface area contributed by atoms with Crippen molar-refractivity contribution in [2.45, 2.75) is 51.6 Å². The highest BCUT2D eigenvalue weighted by atomic mass is 16.6. The largest absolute Gasteiger partial charge is 0.486 e. The van der Waals surface area contributed by atoms with Gasteiger partial charge in [0.15, 0.2) is 17.3 Å². The van der Waals surface area contributed by atoms with Gasteiger partial charge in [-0.1, -0.05) is 43.7 Å². The molecule has 2 atom stereocenters. The highest BCUT2D eigenvalue weighted by Gasteiger charge is 2.27. The number of hydrogen-bond acceptors (Lipinski definition) is 6. The molecule has 1 amide bonds. The van der Waals surface area contributed by atoms with Gasteiger partial charge in [-0.15, -0.1) is 0 Å². The van der Waals surface area contributed by atoms with Crippen molar-refractivity contribution in [3.63, 3.8) is 0 Å². The number of aryl methyl sites for hydroxylation is 1. The topological polar surface area (TPSA) is 88.1 Å². The number of carbonyl (C=O) groups excluding carboxylic acids is 2. The van der Waals surface area contributed by atoms with Crippen LogP contribution in [0.25, 0.3) is 0 Å². The number of ketones is 1. The van der Waals surface area contributed by atoms with Crippen LogP contribution in [-0.2, 0) is 11.2 Å². The summed E-state index contributed by atoms with van der Waals surface area (Å²) < 4.78 is 11.3. The minimum absolute atomic E-state index is 0.0295. The first-order valence-electron chi connectivity index (χ1n) is 13.2. The predicted molar refractivity (Wildman–Crippen MR) is 139 cm³/mol. The monoisotopic (exact) mass is 494 g/mol. The second-order valence-electron chi connectivity index (χ2n) is 9.79. The summed E-state index contributed by atoms with van der Waals surface area (Å²) in [5.74, 6) is 0.940. The molecule has 0 aromatic heterocycles. The van der Waals surface area contributed by atoms with Crippen LogP contribution >= 0.6 is 0 Å². The Balaban J connectivity index is 1.32. The summed E-state index contributed by atoms with van der Waals surface area (Å²) in [6.07, 6.45) is 3.90. The number of fused-ring (bicyclic) bond motifs is 1. The quantitative estimate of drug-likeness (QED) is 0.435. The Hall–Kier alpha value is -2.90. The van der Waals surface area contributed by atoms with Crippen molar-refractivity contribution >= 4 is 11.7 Å². The van der Waals surface area contributed by atoms with Gasteiger partial charge in [-0.05, 0) is 55.6 Å². The summed E-state index contributed by atoms with van der Waals surface area (Å²) in [7, 11) is 0. The molecule has 2 aromatic carbocycles. The van der Waals surface area contributed by atoms with Crippen LogP contribution in [0.5, 0.6) is 11.5 Å². The number of likely N-dealkylation sites (tertiary alicyclic amines) is 1. The van der Waals surface area contributed by atoms with E-state index in [1.54, 1.807) is 0 Å². The summed E-state index contributed by atoms with van der Waals surface area (Å²) >= 11 is 0. The third kappa shape index (κ3) is 7.08. The first-order valence-corrected chi connectivity index (χ1v) is 13.2. The number of hydrogen-bond donors (Lipinski definition) is 2. The van der Waals surface area contributed by atoms with Gasteiger partial charge in [0.25, 0.3) is 0 Å². The highest BCUT2D eigenvalue weighted by Crippen LogP contribution is 2.34. The van der Waals surface area contributed by atoms with Gasteiger partial charge in [-0.3, -0.25) is 9.59 Å².